The molecule has 2 heterocycles. The molecule has 0 bridgehead atoms. The van der Waals surface area contributed by atoms with E-state index < -0.39 is 5.97 Å². The number of thiophene rings is 1. The first-order chi connectivity index (χ1) is 14.2. The summed E-state index contributed by atoms with van der Waals surface area (Å²) in [7, 11) is 4.57. The average molecular weight is 430 g/mol. The van der Waals surface area contributed by atoms with Crippen LogP contribution in [-0.4, -0.2) is 57.0 Å². The Balaban J connectivity index is 1.84. The van der Waals surface area contributed by atoms with Crippen LogP contribution in [0.3, 0.4) is 0 Å². The fourth-order valence-corrected chi connectivity index (χ4v) is 4.90. The van der Waals surface area contributed by atoms with E-state index in [0.29, 0.717) is 15.4 Å². The lowest BCUT2D eigenvalue weighted by Gasteiger charge is -2.31. The number of nitrogens with zero attached hydrogens (tertiary/aromatic N) is 2. The van der Waals surface area contributed by atoms with E-state index in [4.69, 9.17) is 4.74 Å². The summed E-state index contributed by atoms with van der Waals surface area (Å²) in [5.41, 5.74) is 4.27. The van der Waals surface area contributed by atoms with E-state index in [2.05, 4.69) is 29.3 Å². The lowest BCUT2D eigenvalue weighted by Crippen LogP contribution is -2.36. The number of fused-ring (bicyclic) bond motifs is 1. The normalized spacial score (nSPS) is 12.9. The summed E-state index contributed by atoms with van der Waals surface area (Å²) < 4.78 is 4.88. The second-order valence-corrected chi connectivity index (χ2v) is 8.68. The SMILES string of the molecule is COC(=O)c1c(NC(=O)CN2CCCc3cc(C)ccc32)sc(C(=O)N(C)C)c1C. The Morgan fingerprint density at radius 3 is 2.63 bits per heavy atom. The maximum Gasteiger partial charge on any atom is 0.341 e. The third kappa shape index (κ3) is 4.33. The topological polar surface area (TPSA) is 79.0 Å². The molecule has 160 valence electrons. The summed E-state index contributed by atoms with van der Waals surface area (Å²) in [6.45, 7) is 4.72. The quantitative estimate of drug-likeness (QED) is 0.738. The Morgan fingerprint density at radius 1 is 1.23 bits per heavy atom. The number of anilines is 2. The van der Waals surface area contributed by atoms with Crippen molar-refractivity contribution in [3.05, 3.63) is 45.3 Å². The van der Waals surface area contributed by atoms with Crippen molar-refractivity contribution in [3.63, 3.8) is 0 Å². The summed E-state index contributed by atoms with van der Waals surface area (Å²) in [6, 6.07) is 6.27. The van der Waals surface area contributed by atoms with Crippen LogP contribution in [0, 0.1) is 13.8 Å². The van der Waals surface area contributed by atoms with E-state index in [0.717, 1.165) is 36.4 Å². The lowest BCUT2D eigenvalue weighted by molar-refractivity contribution is -0.115. The first-order valence-electron chi connectivity index (χ1n) is 9.80. The van der Waals surface area contributed by atoms with Gasteiger partial charge >= 0.3 is 5.97 Å². The molecule has 0 saturated heterocycles. The zero-order chi connectivity index (χ0) is 22.0. The van der Waals surface area contributed by atoms with Gasteiger partial charge in [0.1, 0.15) is 5.00 Å². The van der Waals surface area contributed by atoms with Gasteiger partial charge in [-0.05, 0) is 43.9 Å². The van der Waals surface area contributed by atoms with Crippen molar-refractivity contribution in [1.82, 2.24) is 4.90 Å². The van der Waals surface area contributed by atoms with Crippen LogP contribution in [0.15, 0.2) is 18.2 Å². The molecule has 0 saturated carbocycles. The Kier molecular flexibility index (Phi) is 6.45. The van der Waals surface area contributed by atoms with Gasteiger partial charge in [0.15, 0.2) is 0 Å². The molecule has 0 spiro atoms. The standard InChI is InChI=1S/C22H27N3O4S/c1-13-8-9-16-15(11-13)7-6-10-25(16)12-17(26)23-20-18(22(28)29-5)14(2)19(30-20)21(27)24(3)4/h8-9,11H,6-7,10,12H2,1-5H3,(H,23,26). The number of carbonyl (C=O) groups is 3. The molecule has 0 atom stereocenters. The fraction of sp³-hybridized carbons (Fsp3) is 0.409. The molecule has 1 aromatic carbocycles. The van der Waals surface area contributed by atoms with Gasteiger partial charge < -0.3 is 19.9 Å². The maximum absolute atomic E-state index is 12.9. The van der Waals surface area contributed by atoms with Gasteiger partial charge in [-0.25, -0.2) is 4.79 Å². The monoisotopic (exact) mass is 429 g/mol. The van der Waals surface area contributed by atoms with Crippen LogP contribution < -0.4 is 10.2 Å². The highest BCUT2D eigenvalue weighted by molar-refractivity contribution is 7.18. The van der Waals surface area contributed by atoms with Gasteiger partial charge in [0.25, 0.3) is 5.91 Å². The first-order valence-corrected chi connectivity index (χ1v) is 10.6. The molecular formula is C22H27N3O4S. The molecule has 2 amide bonds. The maximum atomic E-state index is 12.9. The molecule has 7 nitrogen and oxygen atoms in total. The largest absolute Gasteiger partial charge is 0.465 e. The van der Waals surface area contributed by atoms with Gasteiger partial charge in [0.2, 0.25) is 5.91 Å². The van der Waals surface area contributed by atoms with Gasteiger partial charge in [-0.15, -0.1) is 11.3 Å². The number of carbonyl (C=O) groups excluding carboxylic acids is 3. The smallest absolute Gasteiger partial charge is 0.341 e. The Bertz CT molecular complexity index is 997. The molecule has 30 heavy (non-hydrogen) atoms. The summed E-state index contributed by atoms with van der Waals surface area (Å²) in [5, 5.41) is 3.18. The van der Waals surface area contributed by atoms with Gasteiger partial charge in [0.05, 0.1) is 24.1 Å². The fourth-order valence-electron chi connectivity index (χ4n) is 3.66. The number of nitrogens with one attached hydrogen (secondary N) is 1. The van der Waals surface area contributed by atoms with E-state index in [1.54, 1.807) is 21.0 Å². The third-order valence-corrected chi connectivity index (χ3v) is 6.37. The van der Waals surface area contributed by atoms with E-state index in [9.17, 15) is 14.4 Å². The van der Waals surface area contributed by atoms with Crippen molar-refractivity contribution in [1.29, 1.82) is 0 Å². The minimum atomic E-state index is -0.573. The minimum absolute atomic E-state index is 0.171. The van der Waals surface area contributed by atoms with Crippen LogP contribution in [0.25, 0.3) is 0 Å². The molecule has 0 unspecified atom stereocenters. The zero-order valence-corrected chi connectivity index (χ0v) is 18.8. The van der Waals surface area contributed by atoms with Crippen molar-refractivity contribution >= 4 is 39.8 Å². The predicted octanol–water partition coefficient (Wildman–Crippen LogP) is 3.24. The molecule has 8 heteroatoms. The van der Waals surface area contributed by atoms with Crippen LogP contribution in [0.4, 0.5) is 10.7 Å². The van der Waals surface area contributed by atoms with Gasteiger partial charge in [-0.3, -0.25) is 9.59 Å². The van der Waals surface area contributed by atoms with Crippen LogP contribution in [0.1, 0.15) is 43.1 Å². The van der Waals surface area contributed by atoms with Crippen molar-refractivity contribution in [2.45, 2.75) is 26.7 Å². The lowest BCUT2D eigenvalue weighted by atomic mass is 9.99. The Morgan fingerprint density at radius 2 is 1.97 bits per heavy atom. The highest BCUT2D eigenvalue weighted by Gasteiger charge is 2.28. The van der Waals surface area contributed by atoms with Crippen molar-refractivity contribution in [2.24, 2.45) is 0 Å². The first kappa shape index (κ1) is 21.8. The number of amides is 2. The molecule has 1 N–H and O–H groups in total. The number of benzene rings is 1. The molecule has 1 aliphatic heterocycles. The second-order valence-electron chi connectivity index (χ2n) is 7.66. The Hall–Kier alpha value is -2.87. The summed E-state index contributed by atoms with van der Waals surface area (Å²) >= 11 is 1.10. The van der Waals surface area contributed by atoms with Gasteiger partial charge in [-0.2, -0.15) is 0 Å². The highest BCUT2D eigenvalue weighted by atomic mass is 32.1. The number of methoxy groups -OCH3 is 1. The molecule has 3 rings (SSSR count). The van der Waals surface area contributed by atoms with Crippen LogP contribution in [-0.2, 0) is 16.0 Å². The molecule has 1 aromatic heterocycles. The predicted molar refractivity (Wildman–Crippen MR) is 119 cm³/mol. The Labute approximate surface area is 180 Å². The third-order valence-electron chi connectivity index (χ3n) is 5.17. The van der Waals surface area contributed by atoms with E-state index in [-0.39, 0.29) is 23.9 Å². The average Bonchev–Trinajstić information content (AvgIpc) is 3.02. The summed E-state index contributed by atoms with van der Waals surface area (Å²) in [5.74, 6) is -1.03. The van der Waals surface area contributed by atoms with E-state index in [1.807, 2.05) is 6.07 Å². The van der Waals surface area contributed by atoms with Crippen molar-refractivity contribution < 1.29 is 19.1 Å². The van der Waals surface area contributed by atoms with Gasteiger partial charge in [0, 0.05) is 26.3 Å². The molecule has 0 fully saturated rings. The number of ether oxygens (including phenoxy) is 1. The highest BCUT2D eigenvalue weighted by Crippen LogP contribution is 2.34. The van der Waals surface area contributed by atoms with E-state index in [1.165, 1.54) is 23.1 Å². The summed E-state index contributed by atoms with van der Waals surface area (Å²) in [4.78, 5) is 41.6. The number of rotatable bonds is 5. The summed E-state index contributed by atoms with van der Waals surface area (Å²) in [6.07, 6.45) is 1.98. The van der Waals surface area contributed by atoms with E-state index >= 15 is 0 Å². The molecule has 0 radical (unpaired) electrons. The zero-order valence-electron chi connectivity index (χ0n) is 18.0. The molecule has 1 aliphatic rings. The number of esters is 1. The molecular weight excluding hydrogens is 402 g/mol. The number of hydrogen-bond donors (Lipinski definition) is 1. The van der Waals surface area contributed by atoms with Crippen LogP contribution in [0.2, 0.25) is 0 Å². The second kappa shape index (κ2) is 8.87. The van der Waals surface area contributed by atoms with Crippen molar-refractivity contribution in [3.8, 4) is 0 Å². The number of hydrogen-bond acceptors (Lipinski definition) is 6. The minimum Gasteiger partial charge on any atom is -0.465 e. The van der Waals surface area contributed by atoms with Crippen LogP contribution >= 0.6 is 11.3 Å². The van der Waals surface area contributed by atoms with Gasteiger partial charge in [-0.1, -0.05) is 17.7 Å². The number of aryl methyl sites for hydroxylation is 2. The molecule has 2 aromatic rings. The molecule has 0 aliphatic carbocycles. The van der Waals surface area contributed by atoms with Crippen molar-refractivity contribution in [2.75, 3.05) is 44.5 Å². The van der Waals surface area contributed by atoms with Crippen LogP contribution in [0.5, 0.6) is 0 Å².